The molecule has 17 heavy (non-hydrogen) atoms. The molecule has 0 aliphatic rings. The van der Waals surface area contributed by atoms with Gasteiger partial charge in [0.1, 0.15) is 0 Å². The van der Waals surface area contributed by atoms with Crippen molar-refractivity contribution in [3.05, 3.63) is 48.1 Å². The summed E-state index contributed by atoms with van der Waals surface area (Å²) in [4.78, 5) is 11.9. The lowest BCUT2D eigenvalue weighted by atomic mass is 10.3. The van der Waals surface area contributed by atoms with E-state index < -0.39 is 0 Å². The Hall–Kier alpha value is -0.300. The largest absolute Gasteiger partial charge is 0.321 e. The van der Waals surface area contributed by atoms with Gasteiger partial charge in [-0.2, -0.15) is 0 Å². The van der Waals surface area contributed by atoms with E-state index >= 15 is 0 Å². The van der Waals surface area contributed by atoms with E-state index in [2.05, 4.69) is 27.9 Å². The molecular weight excluding hydrogens is 392 g/mol. The van der Waals surface area contributed by atoms with E-state index in [0.29, 0.717) is 21.3 Å². The molecule has 0 saturated carbocycles. The van der Waals surface area contributed by atoms with Crippen LogP contribution >= 0.6 is 57.1 Å². The summed E-state index contributed by atoms with van der Waals surface area (Å²) in [5.41, 5.74) is 1.14. The van der Waals surface area contributed by atoms with Gasteiger partial charge in [0.2, 0.25) is 0 Å². The standard InChI is InChI=1S/C11H6Cl2INOS/c12-7-2-1-3-8(10(7)13)15-11(16)6-4-9(14)17-5-6/h1-5H,(H,15,16). The maximum absolute atomic E-state index is 11.9. The zero-order chi connectivity index (χ0) is 12.4. The Morgan fingerprint density at radius 2 is 2.12 bits per heavy atom. The Labute approximate surface area is 126 Å². The van der Waals surface area contributed by atoms with Crippen LogP contribution in [0.2, 0.25) is 10.0 Å². The van der Waals surface area contributed by atoms with Gasteiger partial charge in [0.15, 0.2) is 0 Å². The van der Waals surface area contributed by atoms with Gasteiger partial charge >= 0.3 is 0 Å². The van der Waals surface area contributed by atoms with Crippen LogP contribution in [0.15, 0.2) is 29.6 Å². The lowest BCUT2D eigenvalue weighted by Crippen LogP contribution is -2.11. The second kappa shape index (κ2) is 5.56. The first-order valence-corrected chi connectivity index (χ1v) is 7.29. The summed E-state index contributed by atoms with van der Waals surface area (Å²) >= 11 is 15.5. The Balaban J connectivity index is 2.21. The molecule has 0 unspecified atom stereocenters. The molecule has 2 nitrogen and oxygen atoms in total. The number of halogens is 3. The quantitative estimate of drug-likeness (QED) is 0.716. The number of carbonyl (C=O) groups is 1. The van der Waals surface area contributed by atoms with Gasteiger partial charge in [-0.05, 0) is 40.8 Å². The van der Waals surface area contributed by atoms with Gasteiger partial charge in [-0.1, -0.05) is 29.3 Å². The van der Waals surface area contributed by atoms with Crippen LogP contribution in [0.4, 0.5) is 5.69 Å². The third-order valence-electron chi connectivity index (χ3n) is 2.03. The number of rotatable bonds is 2. The summed E-state index contributed by atoms with van der Waals surface area (Å²) in [6.45, 7) is 0. The molecule has 0 fully saturated rings. The van der Waals surface area contributed by atoms with Crippen LogP contribution in [-0.2, 0) is 0 Å². The highest BCUT2D eigenvalue weighted by atomic mass is 127. The maximum atomic E-state index is 11.9. The summed E-state index contributed by atoms with van der Waals surface area (Å²) < 4.78 is 1.06. The van der Waals surface area contributed by atoms with Gasteiger partial charge in [-0.3, -0.25) is 4.79 Å². The van der Waals surface area contributed by atoms with Crippen molar-refractivity contribution in [1.29, 1.82) is 0 Å². The minimum atomic E-state index is -0.187. The lowest BCUT2D eigenvalue weighted by molar-refractivity contribution is 0.102. The molecule has 0 aliphatic heterocycles. The Kier molecular flexibility index (Phi) is 4.30. The first-order valence-electron chi connectivity index (χ1n) is 4.57. The molecule has 0 saturated heterocycles. The maximum Gasteiger partial charge on any atom is 0.256 e. The molecule has 1 aromatic heterocycles. The van der Waals surface area contributed by atoms with Crippen molar-refractivity contribution >= 4 is 68.7 Å². The molecule has 2 rings (SSSR count). The fourth-order valence-electron chi connectivity index (χ4n) is 1.22. The Bertz CT molecular complexity index is 570. The summed E-state index contributed by atoms with van der Waals surface area (Å²) in [5, 5.41) is 5.30. The third-order valence-corrected chi connectivity index (χ3v) is 4.64. The summed E-state index contributed by atoms with van der Waals surface area (Å²) in [6, 6.07) is 6.94. The second-order valence-electron chi connectivity index (χ2n) is 3.19. The van der Waals surface area contributed by atoms with E-state index in [4.69, 9.17) is 23.2 Å². The number of hydrogen-bond acceptors (Lipinski definition) is 2. The highest BCUT2D eigenvalue weighted by Gasteiger charge is 2.11. The van der Waals surface area contributed by atoms with E-state index in [1.54, 1.807) is 23.6 Å². The van der Waals surface area contributed by atoms with Crippen LogP contribution in [-0.4, -0.2) is 5.91 Å². The fraction of sp³-hybridized carbons (Fsp3) is 0. The van der Waals surface area contributed by atoms with Crippen molar-refractivity contribution in [2.45, 2.75) is 0 Å². The smallest absolute Gasteiger partial charge is 0.256 e. The molecule has 0 bridgehead atoms. The second-order valence-corrected chi connectivity index (χ2v) is 6.79. The van der Waals surface area contributed by atoms with E-state index in [-0.39, 0.29) is 5.91 Å². The lowest BCUT2D eigenvalue weighted by Gasteiger charge is -2.06. The van der Waals surface area contributed by atoms with E-state index in [9.17, 15) is 4.79 Å². The molecule has 0 aliphatic carbocycles. The minimum absolute atomic E-state index is 0.187. The predicted octanol–water partition coefficient (Wildman–Crippen LogP) is 4.91. The summed E-state index contributed by atoms with van der Waals surface area (Å²) in [7, 11) is 0. The van der Waals surface area contributed by atoms with Crippen molar-refractivity contribution in [2.24, 2.45) is 0 Å². The number of hydrogen-bond donors (Lipinski definition) is 1. The van der Waals surface area contributed by atoms with Gasteiger partial charge in [0, 0.05) is 5.38 Å². The van der Waals surface area contributed by atoms with Gasteiger partial charge < -0.3 is 5.32 Å². The first-order chi connectivity index (χ1) is 8.08. The van der Waals surface area contributed by atoms with Crippen molar-refractivity contribution in [1.82, 2.24) is 0 Å². The third kappa shape index (κ3) is 3.13. The average molecular weight is 398 g/mol. The zero-order valence-electron chi connectivity index (χ0n) is 8.34. The number of thiophene rings is 1. The van der Waals surface area contributed by atoms with E-state index in [1.807, 2.05) is 6.07 Å². The number of amides is 1. The number of anilines is 1. The van der Waals surface area contributed by atoms with Crippen molar-refractivity contribution in [3.8, 4) is 0 Å². The zero-order valence-corrected chi connectivity index (χ0v) is 12.8. The first kappa shape index (κ1) is 13.1. The van der Waals surface area contributed by atoms with Crippen molar-refractivity contribution in [3.63, 3.8) is 0 Å². The average Bonchev–Trinajstić information content (AvgIpc) is 2.72. The van der Waals surface area contributed by atoms with Crippen molar-refractivity contribution < 1.29 is 4.79 Å². The summed E-state index contributed by atoms with van der Waals surface area (Å²) in [6.07, 6.45) is 0. The van der Waals surface area contributed by atoms with Gasteiger partial charge in [0.05, 0.1) is 24.2 Å². The Morgan fingerprint density at radius 3 is 2.76 bits per heavy atom. The van der Waals surface area contributed by atoms with Crippen LogP contribution in [0.5, 0.6) is 0 Å². The highest BCUT2D eigenvalue weighted by molar-refractivity contribution is 14.1. The topological polar surface area (TPSA) is 29.1 Å². The monoisotopic (exact) mass is 397 g/mol. The molecule has 0 radical (unpaired) electrons. The van der Waals surface area contributed by atoms with Gasteiger partial charge in [0.25, 0.3) is 5.91 Å². The van der Waals surface area contributed by atoms with Crippen LogP contribution in [0, 0.1) is 2.88 Å². The van der Waals surface area contributed by atoms with E-state index in [0.717, 1.165) is 2.88 Å². The number of carbonyl (C=O) groups excluding carboxylic acids is 1. The molecular formula is C11H6Cl2INOS. The minimum Gasteiger partial charge on any atom is -0.321 e. The fourth-order valence-corrected chi connectivity index (χ4v) is 2.90. The van der Waals surface area contributed by atoms with Gasteiger partial charge in [-0.15, -0.1) is 11.3 Å². The van der Waals surface area contributed by atoms with Crippen LogP contribution in [0.3, 0.4) is 0 Å². The van der Waals surface area contributed by atoms with Crippen LogP contribution < -0.4 is 5.32 Å². The highest BCUT2D eigenvalue weighted by Crippen LogP contribution is 2.30. The molecule has 2 aromatic rings. The normalized spacial score (nSPS) is 10.3. The van der Waals surface area contributed by atoms with Crippen molar-refractivity contribution in [2.75, 3.05) is 5.32 Å². The molecule has 1 aromatic carbocycles. The van der Waals surface area contributed by atoms with E-state index in [1.165, 1.54) is 11.3 Å². The molecule has 6 heteroatoms. The Morgan fingerprint density at radius 1 is 1.35 bits per heavy atom. The molecule has 1 heterocycles. The molecule has 1 amide bonds. The predicted molar refractivity (Wildman–Crippen MR) is 81.5 cm³/mol. The number of benzene rings is 1. The van der Waals surface area contributed by atoms with Crippen LogP contribution in [0.25, 0.3) is 0 Å². The summed E-state index contributed by atoms with van der Waals surface area (Å²) in [5.74, 6) is -0.187. The molecule has 0 spiro atoms. The van der Waals surface area contributed by atoms with Crippen LogP contribution in [0.1, 0.15) is 10.4 Å². The SMILES string of the molecule is O=C(Nc1cccc(Cl)c1Cl)c1csc(I)c1. The molecule has 88 valence electrons. The number of nitrogens with one attached hydrogen (secondary N) is 1. The van der Waals surface area contributed by atoms with Gasteiger partial charge in [-0.25, -0.2) is 0 Å². The molecule has 0 atom stereocenters. The molecule has 1 N–H and O–H groups in total.